The summed E-state index contributed by atoms with van der Waals surface area (Å²) >= 11 is 0. The van der Waals surface area contributed by atoms with Crippen molar-refractivity contribution in [1.82, 2.24) is 10.6 Å². The predicted octanol–water partition coefficient (Wildman–Crippen LogP) is 2.75. The molecule has 1 aromatic carbocycles. The predicted molar refractivity (Wildman–Crippen MR) is 91.5 cm³/mol. The minimum absolute atomic E-state index is 0. The highest BCUT2D eigenvalue weighted by molar-refractivity contribution is 5.85. The summed E-state index contributed by atoms with van der Waals surface area (Å²) in [7, 11) is 0. The van der Waals surface area contributed by atoms with Crippen molar-refractivity contribution in [3.8, 4) is 0 Å². The van der Waals surface area contributed by atoms with Gasteiger partial charge in [0, 0.05) is 6.42 Å². The number of benzene rings is 1. The number of alkyl halides is 3. The summed E-state index contributed by atoms with van der Waals surface area (Å²) in [6.45, 7) is 0.938. The molecule has 0 aliphatic carbocycles. The van der Waals surface area contributed by atoms with Crippen LogP contribution >= 0.6 is 12.4 Å². The second kappa shape index (κ2) is 9.40. The highest BCUT2D eigenvalue weighted by atomic mass is 35.5. The number of rotatable bonds is 6. The fraction of sp³-hybridized carbons (Fsp3) is 0.588. The van der Waals surface area contributed by atoms with E-state index in [4.69, 9.17) is 0 Å². The summed E-state index contributed by atoms with van der Waals surface area (Å²) in [4.78, 5) is 11.9. The number of nitrogens with one attached hydrogen (secondary N) is 2. The molecular formula is C17H24ClF3N2O2. The lowest BCUT2D eigenvalue weighted by atomic mass is 9.92. The van der Waals surface area contributed by atoms with Crippen LogP contribution in [0.5, 0.6) is 0 Å². The molecule has 0 bridgehead atoms. The lowest BCUT2D eigenvalue weighted by molar-refractivity contribution is -0.264. The number of carbonyl (C=O) groups is 1. The lowest BCUT2D eigenvalue weighted by Gasteiger charge is -2.31. The number of hydrogen-bond acceptors (Lipinski definition) is 3. The van der Waals surface area contributed by atoms with Gasteiger partial charge in [-0.2, -0.15) is 13.2 Å². The van der Waals surface area contributed by atoms with Gasteiger partial charge in [-0.1, -0.05) is 30.3 Å². The van der Waals surface area contributed by atoms with E-state index in [0.717, 1.165) is 25.9 Å². The van der Waals surface area contributed by atoms with E-state index >= 15 is 0 Å². The first kappa shape index (κ1) is 21.7. The molecule has 1 heterocycles. The summed E-state index contributed by atoms with van der Waals surface area (Å²) in [5.41, 5.74) is -3.37. The van der Waals surface area contributed by atoms with Crippen molar-refractivity contribution >= 4 is 18.3 Å². The maximum atomic E-state index is 13.3. The van der Waals surface area contributed by atoms with Gasteiger partial charge in [0.2, 0.25) is 11.5 Å². The summed E-state index contributed by atoms with van der Waals surface area (Å²) in [5.74, 6) is -0.0419. The molecule has 1 aliphatic heterocycles. The Morgan fingerprint density at radius 2 is 1.80 bits per heavy atom. The van der Waals surface area contributed by atoms with Gasteiger partial charge in [-0.25, -0.2) is 0 Å². The molecule has 1 atom stereocenters. The normalized spacial score (nSPS) is 18.1. The standard InChI is InChI=1S/C17H23F3N2O2.ClH/c18-17(19,20)16(24,14-4-2-1-3-5-14)12-22-15(23)7-6-13-8-10-21-11-9-13;/h1-5,13,21,24H,6-12H2,(H,22,23);1H. The first-order valence-corrected chi connectivity index (χ1v) is 8.15. The van der Waals surface area contributed by atoms with Gasteiger partial charge in [-0.05, 0) is 43.8 Å². The van der Waals surface area contributed by atoms with Crippen molar-refractivity contribution in [2.45, 2.75) is 37.5 Å². The van der Waals surface area contributed by atoms with Crippen LogP contribution in [0, 0.1) is 5.92 Å². The Hall–Kier alpha value is -1.31. The molecule has 142 valence electrons. The minimum Gasteiger partial charge on any atom is -0.375 e. The third kappa shape index (κ3) is 5.87. The molecule has 0 saturated carbocycles. The van der Waals surface area contributed by atoms with Gasteiger partial charge in [-0.3, -0.25) is 4.79 Å². The van der Waals surface area contributed by atoms with Crippen molar-refractivity contribution in [2.24, 2.45) is 5.92 Å². The van der Waals surface area contributed by atoms with Gasteiger partial charge in [0.15, 0.2) is 0 Å². The summed E-state index contributed by atoms with van der Waals surface area (Å²) in [6.07, 6.45) is -2.10. The van der Waals surface area contributed by atoms with Crippen LogP contribution in [0.15, 0.2) is 30.3 Å². The van der Waals surface area contributed by atoms with Crippen LogP contribution in [0.4, 0.5) is 13.2 Å². The molecule has 1 fully saturated rings. The number of hydrogen-bond donors (Lipinski definition) is 3. The fourth-order valence-electron chi connectivity index (χ4n) is 2.90. The van der Waals surface area contributed by atoms with Gasteiger partial charge in [-0.15, -0.1) is 12.4 Å². The van der Waals surface area contributed by atoms with E-state index in [2.05, 4.69) is 10.6 Å². The third-order valence-corrected chi connectivity index (χ3v) is 4.50. The summed E-state index contributed by atoms with van der Waals surface area (Å²) < 4.78 is 39.9. The van der Waals surface area contributed by atoms with E-state index in [-0.39, 0.29) is 24.4 Å². The Morgan fingerprint density at radius 3 is 2.36 bits per heavy atom. The van der Waals surface area contributed by atoms with Crippen LogP contribution < -0.4 is 10.6 Å². The average Bonchev–Trinajstić information content (AvgIpc) is 2.58. The molecule has 25 heavy (non-hydrogen) atoms. The first-order chi connectivity index (χ1) is 11.3. The quantitative estimate of drug-likeness (QED) is 0.711. The average molecular weight is 381 g/mol. The van der Waals surface area contributed by atoms with E-state index in [1.165, 1.54) is 24.3 Å². The highest BCUT2D eigenvalue weighted by Crippen LogP contribution is 2.38. The zero-order valence-electron chi connectivity index (χ0n) is 13.8. The van der Waals surface area contributed by atoms with Gasteiger partial charge < -0.3 is 15.7 Å². The van der Waals surface area contributed by atoms with Gasteiger partial charge in [0.05, 0.1) is 6.54 Å². The van der Waals surface area contributed by atoms with Crippen LogP contribution in [0.1, 0.15) is 31.2 Å². The Balaban J connectivity index is 0.00000312. The van der Waals surface area contributed by atoms with Crippen molar-refractivity contribution in [2.75, 3.05) is 19.6 Å². The molecule has 1 saturated heterocycles. The summed E-state index contributed by atoms with van der Waals surface area (Å²) in [5, 5.41) is 15.6. The van der Waals surface area contributed by atoms with Gasteiger partial charge >= 0.3 is 6.18 Å². The van der Waals surface area contributed by atoms with E-state index in [1.807, 2.05) is 0 Å². The van der Waals surface area contributed by atoms with Crippen LogP contribution in [-0.4, -0.2) is 36.8 Å². The molecule has 0 radical (unpaired) electrons. The SMILES string of the molecule is Cl.O=C(CCC1CCNCC1)NCC(O)(c1ccccc1)C(F)(F)F. The maximum Gasteiger partial charge on any atom is 0.423 e. The molecule has 1 amide bonds. The zero-order valence-corrected chi connectivity index (χ0v) is 14.6. The number of carbonyl (C=O) groups excluding carboxylic acids is 1. The van der Waals surface area contributed by atoms with Crippen molar-refractivity contribution in [3.63, 3.8) is 0 Å². The minimum atomic E-state index is -4.88. The van der Waals surface area contributed by atoms with Crippen molar-refractivity contribution in [3.05, 3.63) is 35.9 Å². The van der Waals surface area contributed by atoms with Gasteiger partial charge in [0.25, 0.3) is 0 Å². The summed E-state index contributed by atoms with van der Waals surface area (Å²) in [6, 6.07) is 6.82. The third-order valence-electron chi connectivity index (χ3n) is 4.50. The number of piperidine rings is 1. The molecule has 4 nitrogen and oxygen atoms in total. The number of halogens is 4. The van der Waals surface area contributed by atoms with Crippen LogP contribution in [0.2, 0.25) is 0 Å². The highest BCUT2D eigenvalue weighted by Gasteiger charge is 2.55. The van der Waals surface area contributed by atoms with Gasteiger partial charge in [0.1, 0.15) is 0 Å². The molecule has 0 spiro atoms. The number of amides is 1. The van der Waals surface area contributed by atoms with Crippen LogP contribution in [-0.2, 0) is 10.4 Å². The molecule has 8 heteroatoms. The second-order valence-corrected chi connectivity index (χ2v) is 6.23. The topological polar surface area (TPSA) is 61.4 Å². The molecule has 1 aliphatic rings. The number of aliphatic hydroxyl groups is 1. The largest absolute Gasteiger partial charge is 0.423 e. The van der Waals surface area contributed by atoms with E-state index in [0.29, 0.717) is 12.3 Å². The molecule has 2 rings (SSSR count). The Morgan fingerprint density at radius 1 is 1.20 bits per heavy atom. The molecule has 1 unspecified atom stereocenters. The van der Waals surface area contributed by atoms with Crippen LogP contribution in [0.25, 0.3) is 0 Å². The molecule has 3 N–H and O–H groups in total. The fourth-order valence-corrected chi connectivity index (χ4v) is 2.90. The maximum absolute atomic E-state index is 13.3. The second-order valence-electron chi connectivity index (χ2n) is 6.23. The van der Waals surface area contributed by atoms with E-state index in [1.54, 1.807) is 6.07 Å². The monoisotopic (exact) mass is 380 g/mol. The Bertz CT molecular complexity index is 536. The zero-order chi connectivity index (χ0) is 17.6. The Kier molecular flexibility index (Phi) is 8.18. The smallest absolute Gasteiger partial charge is 0.375 e. The lowest BCUT2D eigenvalue weighted by Crippen LogP contribution is -2.51. The van der Waals surface area contributed by atoms with Crippen molar-refractivity contribution in [1.29, 1.82) is 0 Å². The molecular weight excluding hydrogens is 357 g/mol. The Labute approximate surface area is 151 Å². The first-order valence-electron chi connectivity index (χ1n) is 8.15. The van der Waals surface area contributed by atoms with E-state index in [9.17, 15) is 23.1 Å². The van der Waals surface area contributed by atoms with E-state index < -0.39 is 24.2 Å². The molecule has 0 aromatic heterocycles. The molecule has 1 aromatic rings. The van der Waals surface area contributed by atoms with Crippen LogP contribution in [0.3, 0.4) is 0 Å². The van der Waals surface area contributed by atoms with Crippen molar-refractivity contribution < 1.29 is 23.1 Å².